The number of hydrogen-bond acceptors (Lipinski definition) is 5. The third kappa shape index (κ3) is 4.23. The zero-order valence-corrected chi connectivity index (χ0v) is 15.3. The van der Waals surface area contributed by atoms with Gasteiger partial charge in [0.05, 0.1) is 22.2 Å². The summed E-state index contributed by atoms with van der Waals surface area (Å²) in [6, 6.07) is 4.25. The van der Waals surface area contributed by atoms with E-state index < -0.39 is 6.04 Å². The lowest BCUT2D eigenvalue weighted by Crippen LogP contribution is -2.50. The number of benzene rings is 1. The van der Waals surface area contributed by atoms with Crippen molar-refractivity contribution in [3.8, 4) is 0 Å². The number of guanidine groups is 1. The van der Waals surface area contributed by atoms with Gasteiger partial charge >= 0.3 is 0 Å². The van der Waals surface area contributed by atoms with Gasteiger partial charge in [0, 0.05) is 26.2 Å². The van der Waals surface area contributed by atoms with Crippen molar-refractivity contribution in [1.82, 2.24) is 15.1 Å². The average Bonchev–Trinajstić information content (AvgIpc) is 2.93. The number of nitrogens with one attached hydrogen (secondary N) is 2. The number of likely N-dealkylation sites (N-methyl/N-ethyl adjacent to an activating group) is 1. The molecule has 0 spiro atoms. The van der Waals surface area contributed by atoms with Crippen LogP contribution in [0.5, 0.6) is 0 Å². The van der Waals surface area contributed by atoms with Crippen LogP contribution in [0.3, 0.4) is 0 Å². The molecular weight excluding hydrogens is 365 g/mol. The summed E-state index contributed by atoms with van der Waals surface area (Å²) >= 11 is 12.0. The Morgan fingerprint density at radius 2 is 2.04 bits per heavy atom. The number of aliphatic imine (C=N–C) groups is 1. The standard InChI is InChI=1S/C16H19Cl2N5O2/c1-22-5-7-23(8-6-22)16-20-12(15(25)21-16)9-13(24)19-11-4-2-3-10(17)14(11)18/h2-4,12H,5-9H2,1H3,(H,19,24)(H,20,21,25)/t12-/m0/s1. The predicted octanol–water partition coefficient (Wildman–Crippen LogP) is 1.42. The second kappa shape index (κ2) is 7.59. The Labute approximate surface area is 156 Å². The monoisotopic (exact) mass is 383 g/mol. The highest BCUT2D eigenvalue weighted by Gasteiger charge is 2.32. The maximum absolute atomic E-state index is 12.2. The number of nitrogens with zero attached hydrogens (tertiary/aromatic N) is 3. The van der Waals surface area contributed by atoms with Crippen molar-refractivity contribution in [3.63, 3.8) is 0 Å². The first-order valence-electron chi connectivity index (χ1n) is 8.00. The number of halogens is 2. The van der Waals surface area contributed by atoms with Crippen LogP contribution < -0.4 is 10.6 Å². The molecule has 134 valence electrons. The van der Waals surface area contributed by atoms with Crippen LogP contribution in [0.25, 0.3) is 0 Å². The van der Waals surface area contributed by atoms with Crippen LogP contribution in [0.4, 0.5) is 5.69 Å². The van der Waals surface area contributed by atoms with Gasteiger partial charge in [-0.3, -0.25) is 14.9 Å². The SMILES string of the molecule is CN1CCN(C2=N[C@@H](CC(=O)Nc3cccc(Cl)c3Cl)C(=O)N2)CC1. The summed E-state index contributed by atoms with van der Waals surface area (Å²) in [6.07, 6.45) is -0.0497. The molecule has 3 rings (SSSR count). The number of amides is 2. The number of carbonyl (C=O) groups excluding carboxylic acids is 2. The summed E-state index contributed by atoms with van der Waals surface area (Å²) in [6.45, 7) is 3.42. The Morgan fingerprint density at radius 3 is 2.76 bits per heavy atom. The first-order valence-corrected chi connectivity index (χ1v) is 8.75. The van der Waals surface area contributed by atoms with E-state index in [4.69, 9.17) is 23.2 Å². The average molecular weight is 384 g/mol. The Balaban J connectivity index is 1.61. The van der Waals surface area contributed by atoms with Crippen molar-refractivity contribution >= 4 is 46.7 Å². The first kappa shape index (κ1) is 18.0. The zero-order chi connectivity index (χ0) is 18.0. The molecule has 25 heavy (non-hydrogen) atoms. The van der Waals surface area contributed by atoms with E-state index >= 15 is 0 Å². The number of piperazine rings is 1. The lowest BCUT2D eigenvalue weighted by atomic mass is 10.2. The van der Waals surface area contributed by atoms with Crippen molar-refractivity contribution in [3.05, 3.63) is 28.2 Å². The lowest BCUT2D eigenvalue weighted by molar-refractivity contribution is -0.124. The van der Waals surface area contributed by atoms with Gasteiger partial charge in [-0.25, -0.2) is 4.99 Å². The molecule has 2 amide bonds. The van der Waals surface area contributed by atoms with Crippen LogP contribution in [0.15, 0.2) is 23.2 Å². The van der Waals surface area contributed by atoms with Gasteiger partial charge in [-0.1, -0.05) is 29.3 Å². The fourth-order valence-corrected chi connectivity index (χ4v) is 3.07. The third-order valence-corrected chi connectivity index (χ3v) is 5.04. The number of anilines is 1. The molecule has 0 radical (unpaired) electrons. The van der Waals surface area contributed by atoms with E-state index in [9.17, 15) is 9.59 Å². The van der Waals surface area contributed by atoms with E-state index in [-0.39, 0.29) is 23.3 Å². The molecule has 2 heterocycles. The molecule has 0 saturated carbocycles. The molecule has 0 bridgehead atoms. The quantitative estimate of drug-likeness (QED) is 0.827. The molecule has 1 atom stereocenters. The Hall–Kier alpha value is -1.83. The molecule has 9 heteroatoms. The van der Waals surface area contributed by atoms with Gasteiger partial charge in [0.1, 0.15) is 6.04 Å². The number of rotatable bonds is 3. The van der Waals surface area contributed by atoms with Gasteiger partial charge in [-0.05, 0) is 19.2 Å². The van der Waals surface area contributed by atoms with Crippen molar-refractivity contribution < 1.29 is 9.59 Å². The van der Waals surface area contributed by atoms with Crippen LogP contribution in [-0.4, -0.2) is 66.8 Å². The van der Waals surface area contributed by atoms with Crippen molar-refractivity contribution in [2.75, 3.05) is 38.5 Å². The van der Waals surface area contributed by atoms with Gasteiger partial charge in [0.15, 0.2) is 0 Å². The molecule has 7 nitrogen and oxygen atoms in total. The van der Waals surface area contributed by atoms with Gasteiger partial charge in [-0.15, -0.1) is 0 Å². The Kier molecular flexibility index (Phi) is 5.46. The van der Waals surface area contributed by atoms with Gasteiger partial charge < -0.3 is 15.1 Å². The maximum Gasteiger partial charge on any atom is 0.252 e. The van der Waals surface area contributed by atoms with Crippen molar-refractivity contribution in [2.45, 2.75) is 12.5 Å². The smallest absolute Gasteiger partial charge is 0.252 e. The molecule has 0 aromatic heterocycles. The van der Waals surface area contributed by atoms with Gasteiger partial charge in [-0.2, -0.15) is 0 Å². The molecule has 1 aromatic rings. The Bertz CT molecular complexity index is 716. The molecule has 0 aliphatic carbocycles. The highest BCUT2D eigenvalue weighted by atomic mass is 35.5. The minimum atomic E-state index is -0.729. The summed E-state index contributed by atoms with van der Waals surface area (Å²) in [5.74, 6) is -0.0503. The topological polar surface area (TPSA) is 77.0 Å². The molecule has 1 saturated heterocycles. The molecule has 0 unspecified atom stereocenters. The fraction of sp³-hybridized carbons (Fsp3) is 0.438. The third-order valence-electron chi connectivity index (χ3n) is 4.22. The summed E-state index contributed by atoms with van der Waals surface area (Å²) in [4.78, 5) is 33.0. The van der Waals surface area contributed by atoms with Crippen LogP contribution in [0, 0.1) is 0 Å². The van der Waals surface area contributed by atoms with E-state index in [0.29, 0.717) is 16.7 Å². The van der Waals surface area contributed by atoms with Crippen LogP contribution >= 0.6 is 23.2 Å². The summed E-state index contributed by atoms with van der Waals surface area (Å²) < 4.78 is 0. The van der Waals surface area contributed by atoms with Crippen LogP contribution in [0.2, 0.25) is 10.0 Å². The van der Waals surface area contributed by atoms with E-state index in [1.165, 1.54) is 0 Å². The van der Waals surface area contributed by atoms with Crippen LogP contribution in [-0.2, 0) is 9.59 Å². The van der Waals surface area contributed by atoms with Gasteiger partial charge in [0.25, 0.3) is 5.91 Å². The highest BCUT2D eigenvalue weighted by Crippen LogP contribution is 2.29. The number of hydrogen-bond donors (Lipinski definition) is 2. The minimum absolute atomic E-state index is 0.0497. The van der Waals surface area contributed by atoms with E-state index in [1.54, 1.807) is 18.2 Å². The molecule has 2 N–H and O–H groups in total. The number of carbonyl (C=O) groups is 2. The highest BCUT2D eigenvalue weighted by molar-refractivity contribution is 6.44. The minimum Gasteiger partial charge on any atom is -0.340 e. The summed E-state index contributed by atoms with van der Waals surface area (Å²) in [5.41, 5.74) is 0.417. The summed E-state index contributed by atoms with van der Waals surface area (Å²) in [7, 11) is 2.06. The Morgan fingerprint density at radius 1 is 1.32 bits per heavy atom. The second-order valence-electron chi connectivity index (χ2n) is 6.10. The molecular formula is C16H19Cl2N5O2. The molecule has 2 aliphatic heterocycles. The van der Waals surface area contributed by atoms with E-state index in [2.05, 4.69) is 27.6 Å². The molecule has 1 fully saturated rings. The first-order chi connectivity index (χ1) is 11.9. The second-order valence-corrected chi connectivity index (χ2v) is 6.89. The summed E-state index contributed by atoms with van der Waals surface area (Å²) in [5, 5.41) is 6.07. The zero-order valence-electron chi connectivity index (χ0n) is 13.8. The van der Waals surface area contributed by atoms with Crippen LogP contribution in [0.1, 0.15) is 6.42 Å². The van der Waals surface area contributed by atoms with Gasteiger partial charge in [0.2, 0.25) is 11.9 Å². The predicted molar refractivity (Wildman–Crippen MR) is 98.1 cm³/mol. The van der Waals surface area contributed by atoms with Crippen molar-refractivity contribution in [1.29, 1.82) is 0 Å². The fourth-order valence-electron chi connectivity index (χ4n) is 2.73. The lowest BCUT2D eigenvalue weighted by Gasteiger charge is -2.33. The normalized spacial score (nSPS) is 21.1. The van der Waals surface area contributed by atoms with E-state index in [1.807, 2.05) is 4.90 Å². The maximum atomic E-state index is 12.2. The van der Waals surface area contributed by atoms with Crippen molar-refractivity contribution in [2.24, 2.45) is 4.99 Å². The molecule has 1 aromatic carbocycles. The van der Waals surface area contributed by atoms with E-state index in [0.717, 1.165) is 26.2 Å². The molecule has 2 aliphatic rings. The largest absolute Gasteiger partial charge is 0.340 e.